The van der Waals surface area contributed by atoms with Gasteiger partial charge in [0.05, 0.1) is 19.1 Å². The molecule has 0 aliphatic heterocycles. The Morgan fingerprint density at radius 2 is 1.33 bits per heavy atom. The zero-order valence-electron chi connectivity index (χ0n) is 24.2. The van der Waals surface area contributed by atoms with Gasteiger partial charge in [-0.1, -0.05) is 60.7 Å². The normalized spacial score (nSPS) is 13.1. The van der Waals surface area contributed by atoms with E-state index in [9.17, 15) is 29.1 Å². The molecule has 12 nitrogen and oxygen atoms in total. The van der Waals surface area contributed by atoms with Crippen LogP contribution in [0.2, 0.25) is 0 Å². The number of nitrogens with one attached hydrogen (secondary N) is 2. The molecule has 0 radical (unpaired) electrons. The molecule has 0 saturated heterocycles. The molecule has 228 valence electrons. The highest BCUT2D eigenvalue weighted by Gasteiger charge is 2.38. The monoisotopic (exact) mass is 586 g/mol. The van der Waals surface area contributed by atoms with E-state index in [0.29, 0.717) is 5.56 Å². The largest absolute Gasteiger partial charge is 0.463 e. The Kier molecular flexibility index (Phi) is 13.4. The second kappa shape index (κ2) is 16.7. The fourth-order valence-corrected chi connectivity index (χ4v) is 3.43. The van der Waals surface area contributed by atoms with Crippen molar-refractivity contribution in [1.29, 1.82) is 0 Å². The fraction of sp³-hybridized carbons (Fsp3) is 0.433. The first-order chi connectivity index (χ1) is 19.9. The number of carbonyl (C=O) groups excluding carboxylic acids is 5. The molecule has 0 aliphatic carbocycles. The van der Waals surface area contributed by atoms with Crippen molar-refractivity contribution in [1.82, 2.24) is 10.6 Å². The lowest BCUT2D eigenvalue weighted by molar-refractivity contribution is -0.169. The number of ether oxygens (including phenoxy) is 4. The molecule has 0 aromatic heterocycles. The maximum absolute atomic E-state index is 12.8. The van der Waals surface area contributed by atoms with Crippen molar-refractivity contribution < 1.29 is 48.0 Å². The highest BCUT2D eigenvalue weighted by Crippen LogP contribution is 2.16. The van der Waals surface area contributed by atoms with Crippen LogP contribution in [0.1, 0.15) is 45.2 Å². The van der Waals surface area contributed by atoms with Gasteiger partial charge in [0, 0.05) is 0 Å². The summed E-state index contributed by atoms with van der Waals surface area (Å²) in [6.07, 6.45) is -3.24. The van der Waals surface area contributed by atoms with Crippen molar-refractivity contribution in [3.63, 3.8) is 0 Å². The molecule has 0 spiro atoms. The Morgan fingerprint density at radius 3 is 1.88 bits per heavy atom. The molecule has 2 rings (SSSR count). The average Bonchev–Trinajstić information content (AvgIpc) is 2.93. The molecule has 2 amide bonds. The molecule has 1 unspecified atom stereocenters. The van der Waals surface area contributed by atoms with Crippen LogP contribution in [0.25, 0.3) is 0 Å². The van der Waals surface area contributed by atoms with Crippen LogP contribution in [-0.4, -0.2) is 65.9 Å². The van der Waals surface area contributed by atoms with Crippen LogP contribution >= 0.6 is 0 Å². The van der Waals surface area contributed by atoms with Crippen LogP contribution in [0.4, 0.5) is 4.79 Å². The standard InChI is InChI=1S/C30H38N2O10/c1-20(32-29(38)42-30(2,3)4)26(35)31-15-16-39-27(36)25(28(37)41-19-22-13-9-6-10-14-22)23(33)17-24(34)40-18-21-11-7-5-8-12-21/h5-14,20,23,25,33H,15-19H2,1-4H3,(H,31,35)(H,32,38)/t20-,23+,25?/m0/s1. The van der Waals surface area contributed by atoms with E-state index in [0.717, 1.165) is 5.56 Å². The van der Waals surface area contributed by atoms with Gasteiger partial charge in [-0.3, -0.25) is 19.2 Å². The first-order valence-electron chi connectivity index (χ1n) is 13.4. The minimum Gasteiger partial charge on any atom is -0.463 e. The molecule has 0 aliphatic rings. The lowest BCUT2D eigenvalue weighted by Gasteiger charge is -2.22. The molecule has 0 saturated carbocycles. The quantitative estimate of drug-likeness (QED) is 0.129. The maximum atomic E-state index is 12.8. The second-order valence-electron chi connectivity index (χ2n) is 10.3. The van der Waals surface area contributed by atoms with Crippen molar-refractivity contribution in [3.8, 4) is 0 Å². The van der Waals surface area contributed by atoms with Crippen LogP contribution in [0.5, 0.6) is 0 Å². The Bertz CT molecular complexity index is 1180. The zero-order chi connectivity index (χ0) is 31.1. The van der Waals surface area contributed by atoms with Gasteiger partial charge in [0.25, 0.3) is 0 Å². The number of benzene rings is 2. The minimum atomic E-state index is -1.85. The number of rotatable bonds is 14. The number of esters is 3. The van der Waals surface area contributed by atoms with Crippen LogP contribution in [0.3, 0.4) is 0 Å². The van der Waals surface area contributed by atoms with E-state index in [2.05, 4.69) is 10.6 Å². The first-order valence-corrected chi connectivity index (χ1v) is 13.4. The van der Waals surface area contributed by atoms with Gasteiger partial charge in [-0.25, -0.2) is 4.79 Å². The number of amides is 2. The number of hydrogen-bond acceptors (Lipinski definition) is 10. The van der Waals surface area contributed by atoms with Gasteiger partial charge in [0.15, 0.2) is 5.92 Å². The summed E-state index contributed by atoms with van der Waals surface area (Å²) in [7, 11) is 0. The summed E-state index contributed by atoms with van der Waals surface area (Å²) in [5.74, 6) is -5.49. The minimum absolute atomic E-state index is 0.0547. The summed E-state index contributed by atoms with van der Waals surface area (Å²) in [6, 6.07) is 16.6. The van der Waals surface area contributed by atoms with E-state index < -0.39 is 60.0 Å². The number of aliphatic hydroxyl groups excluding tert-OH is 1. The maximum Gasteiger partial charge on any atom is 0.408 e. The third kappa shape index (κ3) is 12.8. The van der Waals surface area contributed by atoms with Gasteiger partial charge in [0.1, 0.15) is 31.5 Å². The lowest BCUT2D eigenvalue weighted by atomic mass is 10.00. The van der Waals surface area contributed by atoms with E-state index in [-0.39, 0.29) is 26.4 Å². The summed E-state index contributed by atoms with van der Waals surface area (Å²) in [5.41, 5.74) is 0.624. The van der Waals surface area contributed by atoms with Crippen molar-refractivity contribution in [2.45, 2.75) is 65.1 Å². The van der Waals surface area contributed by atoms with Gasteiger partial charge in [0.2, 0.25) is 5.91 Å². The van der Waals surface area contributed by atoms with Crippen LogP contribution in [0, 0.1) is 5.92 Å². The van der Waals surface area contributed by atoms with Crippen molar-refractivity contribution in [3.05, 3.63) is 71.8 Å². The number of aliphatic hydroxyl groups is 1. The topological polar surface area (TPSA) is 167 Å². The number of hydrogen-bond donors (Lipinski definition) is 3. The van der Waals surface area contributed by atoms with E-state index in [4.69, 9.17) is 18.9 Å². The Balaban J connectivity index is 1.92. The van der Waals surface area contributed by atoms with E-state index in [1.807, 2.05) is 0 Å². The summed E-state index contributed by atoms with van der Waals surface area (Å²) in [5, 5.41) is 15.5. The van der Waals surface area contributed by atoms with Gasteiger partial charge in [-0.2, -0.15) is 0 Å². The highest BCUT2D eigenvalue weighted by molar-refractivity contribution is 5.96. The van der Waals surface area contributed by atoms with E-state index >= 15 is 0 Å². The van der Waals surface area contributed by atoms with Crippen LogP contribution in [-0.2, 0) is 51.3 Å². The predicted octanol–water partition coefficient (Wildman–Crippen LogP) is 2.41. The fourth-order valence-electron chi connectivity index (χ4n) is 3.43. The van der Waals surface area contributed by atoms with Crippen molar-refractivity contribution in [2.75, 3.05) is 13.2 Å². The lowest BCUT2D eigenvalue weighted by Crippen LogP contribution is -2.47. The predicted molar refractivity (Wildman–Crippen MR) is 149 cm³/mol. The molecule has 0 heterocycles. The second-order valence-corrected chi connectivity index (χ2v) is 10.3. The molecule has 2 aromatic rings. The summed E-state index contributed by atoms with van der Waals surface area (Å²) in [6.45, 7) is 5.73. The average molecular weight is 587 g/mol. The van der Waals surface area contributed by atoms with E-state index in [1.165, 1.54) is 6.92 Å². The third-order valence-electron chi connectivity index (χ3n) is 5.51. The SMILES string of the molecule is C[C@H](NC(=O)OC(C)(C)C)C(=O)NCCOC(=O)C(C(=O)OCc1ccccc1)[C@H](O)CC(=O)OCc1ccccc1. The molecule has 42 heavy (non-hydrogen) atoms. The smallest absolute Gasteiger partial charge is 0.408 e. The summed E-state index contributed by atoms with van der Waals surface area (Å²) < 4.78 is 20.6. The Hall–Kier alpha value is -4.45. The van der Waals surface area contributed by atoms with Gasteiger partial charge in [-0.05, 0) is 38.8 Å². The first kappa shape index (κ1) is 33.8. The highest BCUT2D eigenvalue weighted by atomic mass is 16.6. The van der Waals surface area contributed by atoms with E-state index in [1.54, 1.807) is 81.4 Å². The number of alkyl carbamates (subject to hydrolysis) is 1. The molecular weight excluding hydrogens is 548 g/mol. The van der Waals surface area contributed by atoms with Crippen molar-refractivity contribution in [2.24, 2.45) is 5.92 Å². The molecule has 12 heteroatoms. The summed E-state index contributed by atoms with van der Waals surface area (Å²) in [4.78, 5) is 62.1. The Labute approximate surface area is 244 Å². The molecular formula is C30H38N2O10. The molecule has 2 aromatic carbocycles. The molecule has 3 atom stereocenters. The van der Waals surface area contributed by atoms with Gasteiger partial charge < -0.3 is 34.7 Å². The Morgan fingerprint density at radius 1 is 0.810 bits per heavy atom. The van der Waals surface area contributed by atoms with Crippen molar-refractivity contribution >= 4 is 29.9 Å². The number of carbonyl (C=O) groups is 5. The van der Waals surface area contributed by atoms with Crippen LogP contribution in [0.15, 0.2) is 60.7 Å². The molecule has 0 bridgehead atoms. The zero-order valence-corrected chi connectivity index (χ0v) is 24.2. The third-order valence-corrected chi connectivity index (χ3v) is 5.51. The van der Waals surface area contributed by atoms with Gasteiger partial charge >= 0.3 is 24.0 Å². The molecule has 0 fully saturated rings. The summed E-state index contributed by atoms with van der Waals surface area (Å²) >= 11 is 0. The molecule has 3 N–H and O–H groups in total. The van der Waals surface area contributed by atoms with Gasteiger partial charge in [-0.15, -0.1) is 0 Å². The van der Waals surface area contributed by atoms with Crippen LogP contribution < -0.4 is 10.6 Å².